The molecule has 0 amide bonds. The van der Waals surface area contributed by atoms with Gasteiger partial charge in [-0.1, -0.05) is 13.8 Å². The van der Waals surface area contributed by atoms with E-state index in [1.54, 1.807) is 0 Å². The number of aromatic nitrogens is 1. The van der Waals surface area contributed by atoms with E-state index in [4.69, 9.17) is 5.73 Å². The molecule has 2 rings (SSSR count). The van der Waals surface area contributed by atoms with E-state index in [9.17, 15) is 0 Å². The molecule has 2 nitrogen and oxygen atoms in total. The Morgan fingerprint density at radius 1 is 1.32 bits per heavy atom. The van der Waals surface area contributed by atoms with Crippen LogP contribution in [0.1, 0.15) is 38.8 Å². The highest BCUT2D eigenvalue weighted by Crippen LogP contribution is 2.38. The van der Waals surface area contributed by atoms with Crippen molar-refractivity contribution in [2.24, 2.45) is 29.4 Å². The second-order valence-electron chi connectivity index (χ2n) is 6.24. The van der Waals surface area contributed by atoms with Crippen LogP contribution < -0.4 is 5.73 Å². The fraction of sp³-hybridized carbons (Fsp3) is 0.688. The van der Waals surface area contributed by atoms with Crippen LogP contribution in [0.5, 0.6) is 0 Å². The summed E-state index contributed by atoms with van der Waals surface area (Å²) in [5, 5.41) is 0. The summed E-state index contributed by atoms with van der Waals surface area (Å²) in [5.41, 5.74) is 7.17. The SMILES string of the molecule is CC(C)C1CCC(CN)C(Cc2ccc(Br)cn2)C1. The molecule has 1 aromatic rings. The third-order valence-electron chi connectivity index (χ3n) is 4.69. The van der Waals surface area contributed by atoms with Crippen molar-refractivity contribution < 1.29 is 0 Å². The first kappa shape index (κ1) is 15.0. The van der Waals surface area contributed by atoms with E-state index in [2.05, 4.69) is 46.9 Å². The van der Waals surface area contributed by atoms with Crippen LogP contribution in [0.4, 0.5) is 0 Å². The van der Waals surface area contributed by atoms with Crippen LogP contribution in [0.3, 0.4) is 0 Å². The Balaban J connectivity index is 2.03. The number of pyridine rings is 1. The van der Waals surface area contributed by atoms with Crippen molar-refractivity contribution in [2.75, 3.05) is 6.54 Å². The summed E-state index contributed by atoms with van der Waals surface area (Å²) in [6.07, 6.45) is 6.94. The lowest BCUT2D eigenvalue weighted by Gasteiger charge is -2.37. The number of nitrogens with zero attached hydrogens (tertiary/aromatic N) is 1. The maximum absolute atomic E-state index is 5.97. The van der Waals surface area contributed by atoms with Gasteiger partial charge in [0, 0.05) is 16.4 Å². The van der Waals surface area contributed by atoms with Gasteiger partial charge in [-0.2, -0.15) is 0 Å². The summed E-state index contributed by atoms with van der Waals surface area (Å²) < 4.78 is 1.05. The largest absolute Gasteiger partial charge is 0.330 e. The summed E-state index contributed by atoms with van der Waals surface area (Å²) in [5.74, 6) is 3.04. The predicted molar refractivity (Wildman–Crippen MR) is 83.9 cm³/mol. The van der Waals surface area contributed by atoms with E-state index in [-0.39, 0.29) is 0 Å². The number of rotatable bonds is 4. The van der Waals surface area contributed by atoms with Crippen LogP contribution in [-0.2, 0) is 6.42 Å². The van der Waals surface area contributed by atoms with E-state index < -0.39 is 0 Å². The molecule has 0 aromatic carbocycles. The number of hydrogen-bond donors (Lipinski definition) is 1. The molecule has 3 unspecified atom stereocenters. The van der Waals surface area contributed by atoms with Gasteiger partial charge in [0.15, 0.2) is 0 Å². The van der Waals surface area contributed by atoms with Crippen LogP contribution in [0.2, 0.25) is 0 Å². The van der Waals surface area contributed by atoms with Gasteiger partial charge in [-0.05, 0) is 84.0 Å². The van der Waals surface area contributed by atoms with E-state index in [0.29, 0.717) is 11.8 Å². The molecule has 1 fully saturated rings. The summed E-state index contributed by atoms with van der Waals surface area (Å²) in [6.45, 7) is 5.52. The molecule has 19 heavy (non-hydrogen) atoms. The van der Waals surface area contributed by atoms with Crippen molar-refractivity contribution in [3.8, 4) is 0 Å². The second-order valence-corrected chi connectivity index (χ2v) is 7.16. The first-order valence-corrected chi connectivity index (χ1v) is 8.20. The van der Waals surface area contributed by atoms with Gasteiger partial charge in [-0.25, -0.2) is 0 Å². The lowest BCUT2D eigenvalue weighted by Crippen LogP contribution is -2.33. The first-order chi connectivity index (χ1) is 9.10. The molecule has 2 N–H and O–H groups in total. The minimum absolute atomic E-state index is 0.681. The summed E-state index contributed by atoms with van der Waals surface area (Å²) in [4.78, 5) is 4.52. The van der Waals surface area contributed by atoms with Gasteiger partial charge in [-0.3, -0.25) is 4.98 Å². The molecule has 1 saturated carbocycles. The van der Waals surface area contributed by atoms with E-state index in [1.807, 2.05) is 6.20 Å². The fourth-order valence-electron chi connectivity index (χ4n) is 3.32. The third kappa shape index (κ3) is 4.03. The van der Waals surface area contributed by atoms with Gasteiger partial charge in [0.1, 0.15) is 0 Å². The molecule has 0 aliphatic heterocycles. The van der Waals surface area contributed by atoms with Gasteiger partial charge in [0.05, 0.1) is 0 Å². The highest BCUT2D eigenvalue weighted by Gasteiger charge is 2.31. The van der Waals surface area contributed by atoms with Crippen molar-refractivity contribution in [2.45, 2.75) is 39.5 Å². The zero-order chi connectivity index (χ0) is 13.8. The Morgan fingerprint density at radius 2 is 2.11 bits per heavy atom. The molecule has 1 heterocycles. The molecule has 3 atom stereocenters. The summed E-state index contributed by atoms with van der Waals surface area (Å²) in [6, 6.07) is 4.22. The van der Waals surface area contributed by atoms with Crippen LogP contribution in [0.15, 0.2) is 22.8 Å². The molecule has 3 heteroatoms. The molecule has 0 saturated heterocycles. The summed E-state index contributed by atoms with van der Waals surface area (Å²) >= 11 is 3.44. The van der Waals surface area contributed by atoms with Crippen LogP contribution in [0.25, 0.3) is 0 Å². The average molecular weight is 325 g/mol. The average Bonchev–Trinajstić information content (AvgIpc) is 2.41. The maximum atomic E-state index is 5.97. The van der Waals surface area contributed by atoms with E-state index >= 15 is 0 Å². The van der Waals surface area contributed by atoms with Crippen molar-refractivity contribution in [3.05, 3.63) is 28.5 Å². The van der Waals surface area contributed by atoms with Crippen LogP contribution >= 0.6 is 15.9 Å². The second kappa shape index (κ2) is 6.85. The Labute approximate surface area is 125 Å². The Bertz CT molecular complexity index is 388. The zero-order valence-corrected chi connectivity index (χ0v) is 13.6. The standard InChI is InChI=1S/C16H25BrN2/c1-11(2)12-3-4-13(9-18)14(7-12)8-16-6-5-15(17)10-19-16/h5-6,10-14H,3-4,7-9,18H2,1-2H3. The molecule has 1 aromatic heterocycles. The highest BCUT2D eigenvalue weighted by atomic mass is 79.9. The number of halogens is 1. The van der Waals surface area contributed by atoms with Crippen molar-refractivity contribution in [1.82, 2.24) is 4.98 Å². The van der Waals surface area contributed by atoms with Gasteiger partial charge in [0.2, 0.25) is 0 Å². The molecular weight excluding hydrogens is 300 g/mol. The minimum Gasteiger partial charge on any atom is -0.330 e. The Morgan fingerprint density at radius 3 is 2.68 bits per heavy atom. The quantitative estimate of drug-likeness (QED) is 0.907. The fourth-order valence-corrected chi connectivity index (χ4v) is 3.56. The molecule has 106 valence electrons. The summed E-state index contributed by atoms with van der Waals surface area (Å²) in [7, 11) is 0. The first-order valence-electron chi connectivity index (χ1n) is 7.40. The van der Waals surface area contributed by atoms with Crippen molar-refractivity contribution in [1.29, 1.82) is 0 Å². The lowest BCUT2D eigenvalue weighted by atomic mass is 9.69. The zero-order valence-electron chi connectivity index (χ0n) is 12.0. The molecule has 1 aliphatic rings. The van der Waals surface area contributed by atoms with Gasteiger partial charge < -0.3 is 5.73 Å². The number of nitrogens with two attached hydrogens (primary N) is 1. The van der Waals surface area contributed by atoms with Crippen molar-refractivity contribution >= 4 is 15.9 Å². The third-order valence-corrected chi connectivity index (χ3v) is 5.16. The molecule has 0 bridgehead atoms. The lowest BCUT2D eigenvalue weighted by molar-refractivity contribution is 0.150. The Hall–Kier alpha value is -0.410. The molecule has 0 spiro atoms. The normalized spacial score (nSPS) is 27.7. The monoisotopic (exact) mass is 324 g/mol. The van der Waals surface area contributed by atoms with Crippen LogP contribution in [0, 0.1) is 23.7 Å². The van der Waals surface area contributed by atoms with Crippen molar-refractivity contribution in [3.63, 3.8) is 0 Å². The molecule has 1 aliphatic carbocycles. The topological polar surface area (TPSA) is 38.9 Å². The van der Waals surface area contributed by atoms with Gasteiger partial charge in [0.25, 0.3) is 0 Å². The highest BCUT2D eigenvalue weighted by molar-refractivity contribution is 9.10. The van der Waals surface area contributed by atoms with E-state index in [0.717, 1.165) is 29.3 Å². The molecule has 0 radical (unpaired) electrons. The molecular formula is C16H25BrN2. The predicted octanol–water partition coefficient (Wildman–Crippen LogP) is 4.03. The maximum Gasteiger partial charge on any atom is 0.0413 e. The minimum atomic E-state index is 0.681. The smallest absolute Gasteiger partial charge is 0.0413 e. The van der Waals surface area contributed by atoms with Crippen LogP contribution in [-0.4, -0.2) is 11.5 Å². The number of hydrogen-bond acceptors (Lipinski definition) is 2. The van der Waals surface area contributed by atoms with Gasteiger partial charge >= 0.3 is 0 Å². The van der Waals surface area contributed by atoms with E-state index in [1.165, 1.54) is 25.0 Å². The van der Waals surface area contributed by atoms with Gasteiger partial charge in [-0.15, -0.1) is 0 Å². The Kier molecular flexibility index (Phi) is 5.40.